The van der Waals surface area contributed by atoms with Crippen molar-refractivity contribution in [2.24, 2.45) is 16.1 Å². The molecule has 0 aliphatic carbocycles. The maximum absolute atomic E-state index is 15.2. The van der Waals surface area contributed by atoms with Gasteiger partial charge in [0.1, 0.15) is 11.2 Å². The van der Waals surface area contributed by atoms with Gasteiger partial charge in [0.05, 0.1) is 13.1 Å². The molecule has 0 amide bonds. The molecule has 0 radical (unpaired) electrons. The van der Waals surface area contributed by atoms with Gasteiger partial charge in [-0.25, -0.2) is 0 Å². The monoisotopic (exact) mass is 916 g/mol. The van der Waals surface area contributed by atoms with Crippen LogP contribution in [0, 0.1) is 11.7 Å². The first-order chi connectivity index (χ1) is 26.6. The second kappa shape index (κ2) is 19.9. The normalized spacial score (nSPS) is 14.2. The molecule has 2 N–H and O–H groups in total. The molecule has 0 saturated heterocycles. The summed E-state index contributed by atoms with van der Waals surface area (Å²) >= 11 is -2.72. The Hall–Kier alpha value is -3.89. The second-order valence-electron chi connectivity index (χ2n) is 19.0. The standard InChI is InChI=1S/C40H56FN6O7.3CH3.Sn/c1-12-26(2)32(48)22-46(23-33(49)52-38(3,4)5)20-27-14-13-15-29(16-27)36-42-44-37(45-43-36)30-17-28(18-31(41)19-30)21-47(24-34(50)53-39(6,7)8)25-35(51)54-40(9,10)11;;;;/h14-19,26H,12,20-25H2,1-11H3,(H,42,43)(H,44,45);3*1H3;. The molecule has 0 aromatic heterocycles. The Morgan fingerprint density at radius 2 is 1.05 bits per heavy atom. The quantitative estimate of drug-likeness (QED) is 0.112. The number of carbonyl (C=O) groups excluding carboxylic acids is 4. The van der Waals surface area contributed by atoms with Crippen LogP contribution in [0.3, 0.4) is 0 Å². The van der Waals surface area contributed by atoms with E-state index in [4.69, 9.17) is 14.2 Å². The van der Waals surface area contributed by atoms with E-state index in [2.05, 4.69) is 48.0 Å². The summed E-state index contributed by atoms with van der Waals surface area (Å²) in [4.78, 5) is 61.9. The van der Waals surface area contributed by atoms with Gasteiger partial charge in [0.25, 0.3) is 0 Å². The number of hydrogen-bond donors (Lipinski definition) is 2. The van der Waals surface area contributed by atoms with Crippen LogP contribution in [0.25, 0.3) is 0 Å². The van der Waals surface area contributed by atoms with Crippen molar-refractivity contribution in [3.05, 3.63) is 64.5 Å². The summed E-state index contributed by atoms with van der Waals surface area (Å²) in [5.41, 5.74) is 6.43. The van der Waals surface area contributed by atoms with Crippen LogP contribution in [0.4, 0.5) is 4.39 Å². The number of ketones is 1. The summed E-state index contributed by atoms with van der Waals surface area (Å²) < 4.78 is 33.0. The van der Waals surface area contributed by atoms with Crippen molar-refractivity contribution < 1.29 is 37.8 Å². The number of amidine groups is 2. The molecule has 15 heteroatoms. The third-order valence-corrected chi connectivity index (χ3v) is 14.3. The number of nitrogens with zero attached hydrogens (tertiary/aromatic N) is 4. The summed E-state index contributed by atoms with van der Waals surface area (Å²) in [5, 5.41) is 9.11. The number of esters is 3. The van der Waals surface area contributed by atoms with Gasteiger partial charge < -0.3 is 9.47 Å². The molecule has 3 rings (SSSR count). The van der Waals surface area contributed by atoms with Gasteiger partial charge in [-0.15, -0.1) is 0 Å². The Balaban J connectivity index is 1.90. The van der Waals surface area contributed by atoms with E-state index in [1.165, 1.54) is 15.7 Å². The summed E-state index contributed by atoms with van der Waals surface area (Å²) in [6.07, 6.45) is 0.704. The van der Waals surface area contributed by atoms with Gasteiger partial charge in [0.2, 0.25) is 0 Å². The first kappa shape index (κ1) is 48.5. The van der Waals surface area contributed by atoms with Crippen LogP contribution in [0.15, 0.2) is 46.6 Å². The molecule has 1 unspecified atom stereocenters. The van der Waals surface area contributed by atoms with E-state index in [0.29, 0.717) is 29.9 Å². The second-order valence-corrected chi connectivity index (χ2v) is 33.5. The zero-order chi connectivity index (χ0) is 43.8. The number of hydrogen-bond acceptors (Lipinski definition) is 13. The van der Waals surface area contributed by atoms with Crippen LogP contribution in [-0.4, -0.2) is 107 Å². The predicted molar refractivity (Wildman–Crippen MR) is 228 cm³/mol. The van der Waals surface area contributed by atoms with E-state index in [0.717, 1.165) is 11.1 Å². The molecule has 1 aliphatic rings. The number of rotatable bonds is 17. The van der Waals surface area contributed by atoms with Crippen molar-refractivity contribution in [1.82, 2.24) is 20.7 Å². The number of Topliss-reactive ketones (excluding diaryl/α,β-unsaturated/α-hetero) is 1. The molecule has 0 saturated carbocycles. The van der Waals surface area contributed by atoms with Crippen LogP contribution in [0.5, 0.6) is 0 Å². The summed E-state index contributed by atoms with van der Waals surface area (Å²) in [7, 11) is 0. The number of benzene rings is 2. The summed E-state index contributed by atoms with van der Waals surface area (Å²) in [6, 6.07) is 10.6. The molecule has 2 aromatic rings. The molecule has 13 nitrogen and oxygen atoms in total. The number of carbonyl (C=O) groups is 4. The van der Waals surface area contributed by atoms with Crippen LogP contribution >= 0.6 is 0 Å². The third kappa shape index (κ3) is 17.1. The average molecular weight is 916 g/mol. The van der Waals surface area contributed by atoms with Crippen molar-refractivity contribution in [2.45, 2.75) is 127 Å². The molecule has 0 fully saturated rings. The Morgan fingerprint density at radius 3 is 1.43 bits per heavy atom. The first-order valence-electron chi connectivity index (χ1n) is 19.8. The van der Waals surface area contributed by atoms with E-state index in [-0.39, 0.29) is 50.3 Å². The number of nitrogens with one attached hydrogen (secondary N) is 2. The molecule has 1 heterocycles. The zero-order valence-corrected chi connectivity index (χ0v) is 39.9. The molecule has 0 bridgehead atoms. The molecule has 320 valence electrons. The molecular formula is C43H65FN6O7Sn. The van der Waals surface area contributed by atoms with Crippen LogP contribution in [0.2, 0.25) is 14.8 Å². The summed E-state index contributed by atoms with van der Waals surface area (Å²) in [5.74, 6) is -1.40. The van der Waals surface area contributed by atoms with Gasteiger partial charge in [0, 0.05) is 0 Å². The minimum absolute atomic E-state index is 0.0401. The number of ether oxygens (including phenoxy) is 3. The van der Waals surface area contributed by atoms with Crippen molar-refractivity contribution in [2.75, 3.05) is 26.2 Å². The SMILES string of the molecule is CCC(C)C(=O)CN(CC(=O)OC(C)(C)C)Cc1cc(C2=NNC(c3cc(F)cc(CN(CC(=O)OC(C)(C)C)CC(=O)OC(C)(C)C)c3)=NN2)c[c]([Sn]([CH3])([CH3])[CH3])c1. The molecule has 1 atom stereocenters. The van der Waals surface area contributed by atoms with E-state index in [9.17, 15) is 19.2 Å². The van der Waals surface area contributed by atoms with E-state index >= 15 is 4.39 Å². The molecule has 1 aliphatic heterocycles. The molecular weight excluding hydrogens is 850 g/mol. The van der Waals surface area contributed by atoms with E-state index < -0.39 is 58.9 Å². The van der Waals surface area contributed by atoms with Crippen LogP contribution < -0.4 is 14.4 Å². The fourth-order valence-corrected chi connectivity index (χ4v) is 9.33. The first-order valence-corrected chi connectivity index (χ1v) is 29.8. The fourth-order valence-electron chi connectivity index (χ4n) is 5.88. The van der Waals surface area contributed by atoms with Crippen molar-refractivity contribution in [1.29, 1.82) is 0 Å². The van der Waals surface area contributed by atoms with Crippen molar-refractivity contribution in [3.8, 4) is 0 Å². The fraction of sp³-hybridized carbons (Fsp3) is 0.581. The Bertz CT molecular complexity index is 1840. The Kier molecular flexibility index (Phi) is 16.6. The van der Waals surface area contributed by atoms with E-state index in [1.54, 1.807) is 52.5 Å². The van der Waals surface area contributed by atoms with Crippen LogP contribution in [0.1, 0.15) is 105 Å². The maximum atomic E-state index is 15.2. The average Bonchev–Trinajstić information content (AvgIpc) is 3.04. The van der Waals surface area contributed by atoms with Gasteiger partial charge in [0.15, 0.2) is 0 Å². The van der Waals surface area contributed by atoms with Gasteiger partial charge in [-0.2, -0.15) is 0 Å². The van der Waals surface area contributed by atoms with Crippen molar-refractivity contribution in [3.63, 3.8) is 0 Å². The predicted octanol–water partition coefficient (Wildman–Crippen LogP) is 5.83. The van der Waals surface area contributed by atoms with Crippen molar-refractivity contribution >= 4 is 57.3 Å². The number of hydrazone groups is 2. The van der Waals surface area contributed by atoms with Gasteiger partial charge >= 0.3 is 265 Å². The number of halogens is 1. The topological polar surface area (TPSA) is 151 Å². The van der Waals surface area contributed by atoms with Gasteiger partial charge in [-0.3, -0.25) is 9.59 Å². The van der Waals surface area contributed by atoms with Gasteiger partial charge in [-0.1, -0.05) is 0 Å². The third-order valence-electron chi connectivity index (χ3n) is 8.58. The van der Waals surface area contributed by atoms with Gasteiger partial charge in [-0.05, 0) is 41.5 Å². The molecule has 0 spiro atoms. The molecule has 2 aromatic carbocycles. The van der Waals surface area contributed by atoms with E-state index in [1.807, 2.05) is 45.6 Å². The Labute approximate surface area is 348 Å². The summed E-state index contributed by atoms with van der Waals surface area (Å²) in [6.45, 7) is 19.9. The van der Waals surface area contributed by atoms with Crippen LogP contribution in [-0.2, 0) is 46.5 Å². The minimum atomic E-state index is -2.72. The zero-order valence-electron chi connectivity index (χ0n) is 37.0. The molecule has 58 heavy (non-hydrogen) atoms. The Morgan fingerprint density at radius 1 is 0.655 bits per heavy atom.